The van der Waals surface area contributed by atoms with Crippen LogP contribution in [0.25, 0.3) is 0 Å². The number of amides is 2. The van der Waals surface area contributed by atoms with E-state index >= 15 is 0 Å². The summed E-state index contributed by atoms with van der Waals surface area (Å²) in [4.78, 5) is 36.3. The van der Waals surface area contributed by atoms with Crippen molar-refractivity contribution >= 4 is 23.3 Å². The lowest BCUT2D eigenvalue weighted by Gasteiger charge is -2.31. The lowest BCUT2D eigenvalue weighted by molar-refractivity contribution is -0.133. The van der Waals surface area contributed by atoms with E-state index in [1.165, 1.54) is 6.07 Å². The second kappa shape index (κ2) is 7.95. The van der Waals surface area contributed by atoms with E-state index in [0.717, 1.165) is 25.9 Å². The summed E-state index contributed by atoms with van der Waals surface area (Å²) in [5.41, 5.74) is 1.22. The van der Waals surface area contributed by atoms with Crippen molar-refractivity contribution in [3.05, 3.63) is 29.6 Å². The fraction of sp³-hybridized carbons (Fsp3) is 0.526. The van der Waals surface area contributed by atoms with Gasteiger partial charge in [-0.05, 0) is 62.9 Å². The van der Waals surface area contributed by atoms with Crippen LogP contribution in [0.3, 0.4) is 0 Å². The second-order valence-electron chi connectivity index (χ2n) is 7.14. The molecule has 2 aliphatic rings. The predicted octanol–water partition coefficient (Wildman–Crippen LogP) is 1.81. The van der Waals surface area contributed by atoms with E-state index in [0.29, 0.717) is 24.2 Å². The van der Waals surface area contributed by atoms with Gasteiger partial charge in [-0.15, -0.1) is 0 Å². The molecule has 0 aliphatic carbocycles. The van der Waals surface area contributed by atoms with Gasteiger partial charge in [0.25, 0.3) is 0 Å². The largest absolute Gasteiger partial charge is 0.374 e. The van der Waals surface area contributed by atoms with E-state index in [-0.39, 0.29) is 35.8 Å². The monoisotopic (exact) mass is 361 g/mol. The molecule has 0 saturated carbocycles. The Balaban J connectivity index is 1.60. The minimum absolute atomic E-state index is 0.142. The van der Waals surface area contributed by atoms with E-state index in [1.54, 1.807) is 19.1 Å². The number of rotatable bonds is 5. The molecular weight excluding hydrogens is 337 g/mol. The molecule has 1 unspecified atom stereocenters. The number of hydrogen-bond acceptors (Lipinski definition) is 5. The molecule has 1 aromatic rings. The predicted molar refractivity (Wildman–Crippen MR) is 95.3 cm³/mol. The molecule has 2 saturated heterocycles. The molecule has 2 aliphatic heterocycles. The molecule has 2 fully saturated rings. The SMILES string of the molecule is CC(=O)CN1CCC(c2ccc(NC3CCC(=O)NC3=O)cc2F)CC1. The van der Waals surface area contributed by atoms with Crippen LogP contribution in [-0.4, -0.2) is 48.2 Å². The van der Waals surface area contributed by atoms with Gasteiger partial charge in [0, 0.05) is 12.1 Å². The molecule has 3 rings (SSSR count). The third-order valence-corrected chi connectivity index (χ3v) is 5.05. The molecule has 6 nitrogen and oxygen atoms in total. The molecule has 0 radical (unpaired) electrons. The van der Waals surface area contributed by atoms with Crippen molar-refractivity contribution in [1.29, 1.82) is 0 Å². The van der Waals surface area contributed by atoms with Crippen molar-refractivity contribution in [3.63, 3.8) is 0 Å². The fourth-order valence-corrected chi connectivity index (χ4v) is 3.70. The van der Waals surface area contributed by atoms with Crippen molar-refractivity contribution in [3.8, 4) is 0 Å². The number of piperidine rings is 2. The maximum atomic E-state index is 14.6. The Morgan fingerprint density at radius 3 is 2.62 bits per heavy atom. The number of carbonyl (C=O) groups is 3. The highest BCUT2D eigenvalue weighted by molar-refractivity contribution is 6.01. The number of nitrogens with one attached hydrogen (secondary N) is 2. The zero-order valence-corrected chi connectivity index (χ0v) is 14.9. The summed E-state index contributed by atoms with van der Waals surface area (Å²) in [6.07, 6.45) is 2.33. The number of likely N-dealkylation sites (tertiary alicyclic amines) is 1. The first-order valence-corrected chi connectivity index (χ1v) is 9.04. The molecule has 140 valence electrons. The van der Waals surface area contributed by atoms with Crippen LogP contribution >= 0.6 is 0 Å². The minimum atomic E-state index is -0.521. The first kappa shape index (κ1) is 18.5. The summed E-state index contributed by atoms with van der Waals surface area (Å²) in [6.45, 7) is 3.63. The summed E-state index contributed by atoms with van der Waals surface area (Å²) < 4.78 is 14.6. The van der Waals surface area contributed by atoms with Crippen LogP contribution in [-0.2, 0) is 14.4 Å². The fourth-order valence-electron chi connectivity index (χ4n) is 3.70. The number of carbonyl (C=O) groups excluding carboxylic acids is 3. The third kappa shape index (κ3) is 4.46. The van der Waals surface area contributed by atoms with Gasteiger partial charge >= 0.3 is 0 Å². The van der Waals surface area contributed by atoms with Crippen LogP contribution in [0.5, 0.6) is 0 Å². The van der Waals surface area contributed by atoms with E-state index in [4.69, 9.17) is 0 Å². The lowest BCUT2D eigenvalue weighted by atomic mass is 9.89. The van der Waals surface area contributed by atoms with Crippen LogP contribution in [0, 0.1) is 5.82 Å². The van der Waals surface area contributed by atoms with Gasteiger partial charge in [0.05, 0.1) is 6.54 Å². The third-order valence-electron chi connectivity index (χ3n) is 5.05. The van der Waals surface area contributed by atoms with Crippen LogP contribution in [0.1, 0.15) is 44.1 Å². The Hall–Kier alpha value is -2.28. The average molecular weight is 361 g/mol. The number of ketones is 1. The van der Waals surface area contributed by atoms with Gasteiger partial charge < -0.3 is 5.32 Å². The molecule has 1 aromatic carbocycles. The summed E-state index contributed by atoms with van der Waals surface area (Å²) >= 11 is 0. The molecule has 2 N–H and O–H groups in total. The average Bonchev–Trinajstić information content (AvgIpc) is 2.58. The molecule has 0 aromatic heterocycles. The van der Waals surface area contributed by atoms with Crippen molar-refractivity contribution in [1.82, 2.24) is 10.2 Å². The summed E-state index contributed by atoms with van der Waals surface area (Å²) in [6, 6.07) is 4.45. The van der Waals surface area contributed by atoms with Crippen LogP contribution in [0.4, 0.5) is 10.1 Å². The van der Waals surface area contributed by atoms with E-state index in [2.05, 4.69) is 15.5 Å². The van der Waals surface area contributed by atoms with Crippen molar-refractivity contribution in [2.24, 2.45) is 0 Å². The topological polar surface area (TPSA) is 78.5 Å². The van der Waals surface area contributed by atoms with Crippen molar-refractivity contribution in [2.75, 3.05) is 25.0 Å². The molecule has 2 amide bonds. The lowest BCUT2D eigenvalue weighted by Crippen LogP contribution is -2.47. The smallest absolute Gasteiger partial charge is 0.249 e. The summed E-state index contributed by atoms with van der Waals surface area (Å²) in [5, 5.41) is 5.28. The highest BCUT2D eigenvalue weighted by Gasteiger charge is 2.27. The number of benzene rings is 1. The van der Waals surface area contributed by atoms with Gasteiger partial charge in [-0.25, -0.2) is 4.39 Å². The van der Waals surface area contributed by atoms with Crippen molar-refractivity contribution in [2.45, 2.75) is 44.6 Å². The number of imide groups is 1. The Labute approximate surface area is 152 Å². The van der Waals surface area contributed by atoms with E-state index in [1.807, 2.05) is 0 Å². The molecule has 1 atom stereocenters. The first-order valence-electron chi connectivity index (χ1n) is 9.04. The zero-order chi connectivity index (χ0) is 18.7. The molecular formula is C19H24FN3O3. The number of halogens is 1. The highest BCUT2D eigenvalue weighted by Crippen LogP contribution is 2.31. The van der Waals surface area contributed by atoms with Crippen molar-refractivity contribution < 1.29 is 18.8 Å². The maximum Gasteiger partial charge on any atom is 0.249 e. The molecule has 0 bridgehead atoms. The molecule has 26 heavy (non-hydrogen) atoms. The summed E-state index contributed by atoms with van der Waals surface area (Å²) in [5.74, 6) is -0.636. The van der Waals surface area contributed by atoms with Gasteiger partial charge in [0.1, 0.15) is 17.6 Å². The standard InChI is InChI=1S/C19H24FN3O3/c1-12(24)11-23-8-6-13(7-9-23)15-3-2-14(10-16(15)20)21-17-4-5-18(25)22-19(17)26/h2-3,10,13,17,21H,4-9,11H2,1H3,(H,22,25,26). The second-order valence-corrected chi connectivity index (χ2v) is 7.14. The Bertz CT molecular complexity index is 714. The van der Waals surface area contributed by atoms with Gasteiger partial charge in [-0.1, -0.05) is 6.07 Å². The maximum absolute atomic E-state index is 14.6. The van der Waals surface area contributed by atoms with Crippen LogP contribution in [0.2, 0.25) is 0 Å². The van der Waals surface area contributed by atoms with Gasteiger partial charge in [0.15, 0.2) is 0 Å². The van der Waals surface area contributed by atoms with Crippen LogP contribution < -0.4 is 10.6 Å². The number of anilines is 1. The first-order chi connectivity index (χ1) is 12.4. The Kier molecular flexibility index (Phi) is 5.66. The zero-order valence-electron chi connectivity index (χ0n) is 14.9. The Morgan fingerprint density at radius 1 is 1.27 bits per heavy atom. The number of hydrogen-bond donors (Lipinski definition) is 2. The number of nitrogens with zero attached hydrogens (tertiary/aromatic N) is 1. The van der Waals surface area contributed by atoms with E-state index in [9.17, 15) is 18.8 Å². The van der Waals surface area contributed by atoms with Gasteiger partial charge in [0.2, 0.25) is 11.8 Å². The minimum Gasteiger partial charge on any atom is -0.374 e. The molecule has 2 heterocycles. The normalized spacial score (nSPS) is 22.2. The van der Waals surface area contributed by atoms with Crippen LogP contribution in [0.15, 0.2) is 18.2 Å². The molecule has 0 spiro atoms. The van der Waals surface area contributed by atoms with Gasteiger partial charge in [-0.3, -0.25) is 24.6 Å². The summed E-state index contributed by atoms with van der Waals surface area (Å²) in [7, 11) is 0. The number of Topliss-reactive ketones (excluding diaryl/α,β-unsaturated/α-hetero) is 1. The molecule has 7 heteroatoms. The Morgan fingerprint density at radius 2 is 2.00 bits per heavy atom. The highest BCUT2D eigenvalue weighted by atomic mass is 19.1. The van der Waals surface area contributed by atoms with E-state index < -0.39 is 6.04 Å². The quantitative estimate of drug-likeness (QED) is 0.782. The van der Waals surface area contributed by atoms with Gasteiger partial charge in [-0.2, -0.15) is 0 Å².